The molecule has 2 aliphatic rings. The van der Waals surface area contributed by atoms with Crippen molar-refractivity contribution in [3.05, 3.63) is 22.6 Å². The lowest BCUT2D eigenvalue weighted by Crippen LogP contribution is -2.21. The molecule has 0 unspecified atom stereocenters. The minimum Gasteiger partial charge on any atom is -0.444 e. The number of halogens is 1. The second kappa shape index (κ2) is 4.29. The van der Waals surface area contributed by atoms with Crippen LogP contribution in [0.5, 0.6) is 0 Å². The summed E-state index contributed by atoms with van der Waals surface area (Å²) >= 11 is 3.16. The summed E-state index contributed by atoms with van der Waals surface area (Å²) in [5.74, 6) is 1.40. The van der Waals surface area contributed by atoms with E-state index >= 15 is 0 Å². The third-order valence-corrected chi connectivity index (χ3v) is 4.03. The van der Waals surface area contributed by atoms with Gasteiger partial charge in [-0.2, -0.15) is 5.10 Å². The van der Waals surface area contributed by atoms with E-state index in [4.69, 9.17) is 4.42 Å². The molecule has 1 heterocycles. The summed E-state index contributed by atoms with van der Waals surface area (Å²) in [6, 6.07) is 3.32. The molecule has 2 fully saturated rings. The molecule has 2 bridgehead atoms. The van der Waals surface area contributed by atoms with E-state index in [1.807, 2.05) is 0 Å². The molecule has 0 saturated heterocycles. The summed E-state index contributed by atoms with van der Waals surface area (Å²) in [7, 11) is 0. The van der Waals surface area contributed by atoms with Gasteiger partial charge in [0, 0.05) is 5.71 Å². The number of furan rings is 1. The van der Waals surface area contributed by atoms with Crippen molar-refractivity contribution in [1.82, 2.24) is 5.43 Å². The van der Waals surface area contributed by atoms with E-state index in [2.05, 4.69) is 26.5 Å². The van der Waals surface area contributed by atoms with Crippen molar-refractivity contribution in [2.75, 3.05) is 0 Å². The SMILES string of the molecule is O=C(N/N=C1\C[C@@H]2CC[C@@H]1C2)c1ccc(Br)o1. The maximum Gasteiger partial charge on any atom is 0.307 e. The predicted molar refractivity (Wildman–Crippen MR) is 66.8 cm³/mol. The van der Waals surface area contributed by atoms with Gasteiger partial charge in [-0.3, -0.25) is 4.79 Å². The van der Waals surface area contributed by atoms with Crippen LogP contribution in [-0.4, -0.2) is 11.6 Å². The quantitative estimate of drug-likeness (QED) is 0.853. The van der Waals surface area contributed by atoms with Gasteiger partial charge >= 0.3 is 5.91 Å². The summed E-state index contributed by atoms with van der Waals surface area (Å²) in [6.45, 7) is 0. The first-order chi connectivity index (χ1) is 8.22. The van der Waals surface area contributed by atoms with Gasteiger partial charge in [0.05, 0.1) is 0 Å². The Kier molecular flexibility index (Phi) is 2.78. The Bertz CT molecular complexity index is 481. The summed E-state index contributed by atoms with van der Waals surface area (Å²) in [4.78, 5) is 11.7. The van der Waals surface area contributed by atoms with Crippen LogP contribution in [0.2, 0.25) is 0 Å². The van der Waals surface area contributed by atoms with E-state index in [1.54, 1.807) is 12.1 Å². The molecule has 0 spiro atoms. The fraction of sp³-hybridized carbons (Fsp3) is 0.500. The van der Waals surface area contributed by atoms with E-state index in [0.29, 0.717) is 10.6 Å². The molecule has 2 aliphatic carbocycles. The Hall–Kier alpha value is -1.10. The lowest BCUT2D eigenvalue weighted by molar-refractivity contribution is 0.0925. The van der Waals surface area contributed by atoms with Crippen LogP contribution < -0.4 is 5.43 Å². The highest BCUT2D eigenvalue weighted by Gasteiger charge is 2.36. The highest BCUT2D eigenvalue weighted by atomic mass is 79.9. The summed E-state index contributed by atoms with van der Waals surface area (Å²) < 4.78 is 5.71. The minimum absolute atomic E-state index is 0.282. The van der Waals surface area contributed by atoms with E-state index in [9.17, 15) is 4.79 Å². The zero-order valence-electron chi connectivity index (χ0n) is 9.28. The maximum atomic E-state index is 11.7. The van der Waals surface area contributed by atoms with E-state index in [0.717, 1.165) is 18.1 Å². The van der Waals surface area contributed by atoms with Crippen LogP contribution in [-0.2, 0) is 0 Å². The second-order valence-corrected chi connectivity index (χ2v) is 5.51. The average Bonchev–Trinajstić information content (AvgIpc) is 3.01. The van der Waals surface area contributed by atoms with Crippen molar-refractivity contribution < 1.29 is 9.21 Å². The van der Waals surface area contributed by atoms with Gasteiger partial charge in [0.2, 0.25) is 0 Å². The van der Waals surface area contributed by atoms with Gasteiger partial charge < -0.3 is 4.42 Å². The van der Waals surface area contributed by atoms with Crippen molar-refractivity contribution in [2.24, 2.45) is 16.9 Å². The van der Waals surface area contributed by atoms with Crippen LogP contribution in [0.4, 0.5) is 0 Å². The molecular formula is C12H13BrN2O2. The van der Waals surface area contributed by atoms with E-state index < -0.39 is 0 Å². The lowest BCUT2D eigenvalue weighted by atomic mass is 9.99. The van der Waals surface area contributed by atoms with Crippen LogP contribution in [0.3, 0.4) is 0 Å². The minimum atomic E-state index is -0.286. The van der Waals surface area contributed by atoms with Crippen molar-refractivity contribution in [3.63, 3.8) is 0 Å². The predicted octanol–water partition coefficient (Wildman–Crippen LogP) is 2.95. The molecule has 1 aromatic heterocycles. The van der Waals surface area contributed by atoms with Gasteiger partial charge in [0.15, 0.2) is 10.4 Å². The molecule has 2 atom stereocenters. The number of nitrogens with zero attached hydrogens (tertiary/aromatic N) is 1. The molecule has 0 aromatic carbocycles. The molecule has 90 valence electrons. The number of nitrogens with one attached hydrogen (secondary N) is 1. The van der Waals surface area contributed by atoms with Crippen molar-refractivity contribution in [3.8, 4) is 0 Å². The van der Waals surface area contributed by atoms with Crippen LogP contribution in [0.1, 0.15) is 36.2 Å². The van der Waals surface area contributed by atoms with Gasteiger partial charge in [-0.15, -0.1) is 0 Å². The molecule has 17 heavy (non-hydrogen) atoms. The standard InChI is InChI=1S/C12H13BrN2O2/c13-11-4-3-10(17-11)12(16)15-14-9-6-7-1-2-8(9)5-7/h3-4,7-8H,1-2,5-6H2,(H,15,16)/b14-9+/t7-,8-/m1/s1. The molecule has 1 N–H and O–H groups in total. The number of hydrogen-bond acceptors (Lipinski definition) is 3. The Morgan fingerprint density at radius 1 is 1.47 bits per heavy atom. The zero-order chi connectivity index (χ0) is 11.8. The Labute approximate surface area is 108 Å². The molecule has 1 amide bonds. The molecule has 4 nitrogen and oxygen atoms in total. The third kappa shape index (κ3) is 2.16. The second-order valence-electron chi connectivity index (χ2n) is 4.73. The van der Waals surface area contributed by atoms with Gasteiger partial charge in [-0.25, -0.2) is 5.43 Å². The van der Waals surface area contributed by atoms with Crippen molar-refractivity contribution in [1.29, 1.82) is 0 Å². The van der Waals surface area contributed by atoms with Gasteiger partial charge in [-0.1, -0.05) is 0 Å². The molecule has 1 aromatic rings. The van der Waals surface area contributed by atoms with Gasteiger partial charge in [-0.05, 0) is 65.6 Å². The molecule has 0 aliphatic heterocycles. The smallest absolute Gasteiger partial charge is 0.307 e. The number of rotatable bonds is 2. The van der Waals surface area contributed by atoms with E-state index in [1.165, 1.54) is 19.3 Å². The highest BCUT2D eigenvalue weighted by molar-refractivity contribution is 9.10. The fourth-order valence-corrected chi connectivity index (χ4v) is 3.08. The molecule has 3 rings (SSSR count). The molecular weight excluding hydrogens is 284 g/mol. The van der Waals surface area contributed by atoms with Crippen molar-refractivity contribution in [2.45, 2.75) is 25.7 Å². The van der Waals surface area contributed by atoms with Crippen LogP contribution in [0.25, 0.3) is 0 Å². The summed E-state index contributed by atoms with van der Waals surface area (Å²) in [5.41, 5.74) is 3.73. The van der Waals surface area contributed by atoms with Gasteiger partial charge in [0.25, 0.3) is 0 Å². The first-order valence-electron chi connectivity index (χ1n) is 5.84. The summed E-state index contributed by atoms with van der Waals surface area (Å²) in [5, 5.41) is 4.23. The number of carbonyl (C=O) groups excluding carboxylic acids is 1. The molecule has 0 radical (unpaired) electrons. The maximum absolute atomic E-state index is 11.7. The highest BCUT2D eigenvalue weighted by Crippen LogP contribution is 2.42. The molecule has 2 saturated carbocycles. The first-order valence-corrected chi connectivity index (χ1v) is 6.64. The van der Waals surface area contributed by atoms with Crippen LogP contribution in [0, 0.1) is 11.8 Å². The Balaban J connectivity index is 1.64. The number of carbonyl (C=O) groups is 1. The van der Waals surface area contributed by atoms with Gasteiger partial charge in [0.1, 0.15) is 0 Å². The topological polar surface area (TPSA) is 54.6 Å². The fourth-order valence-electron chi connectivity index (χ4n) is 2.78. The third-order valence-electron chi connectivity index (χ3n) is 3.61. The molecule has 5 heteroatoms. The summed E-state index contributed by atoms with van der Waals surface area (Å²) in [6.07, 6.45) is 4.85. The Morgan fingerprint density at radius 3 is 2.94 bits per heavy atom. The first kappa shape index (κ1) is 11.0. The lowest BCUT2D eigenvalue weighted by Gasteiger charge is -2.11. The monoisotopic (exact) mass is 296 g/mol. The largest absolute Gasteiger partial charge is 0.444 e. The Morgan fingerprint density at radius 2 is 2.35 bits per heavy atom. The van der Waals surface area contributed by atoms with E-state index in [-0.39, 0.29) is 11.7 Å². The number of fused-ring (bicyclic) bond motifs is 2. The average molecular weight is 297 g/mol. The van der Waals surface area contributed by atoms with Crippen molar-refractivity contribution >= 4 is 27.5 Å². The zero-order valence-corrected chi connectivity index (χ0v) is 10.9. The number of hydrazone groups is 1. The normalized spacial score (nSPS) is 28.9. The van der Waals surface area contributed by atoms with Crippen LogP contribution in [0.15, 0.2) is 26.3 Å². The number of amides is 1. The number of hydrogen-bond donors (Lipinski definition) is 1. The van der Waals surface area contributed by atoms with Crippen LogP contribution >= 0.6 is 15.9 Å².